The molecule has 8 rings (SSSR count). The number of hydrogen-bond donors (Lipinski definition) is 2. The molecule has 0 aromatic heterocycles. The summed E-state index contributed by atoms with van der Waals surface area (Å²) < 4.78 is 64.1. The Balaban J connectivity index is 1.19. The summed E-state index contributed by atoms with van der Waals surface area (Å²) in [5.41, 5.74) is 5.31. The molecule has 0 spiro atoms. The smallest absolute Gasteiger partial charge is 0.407 e. The van der Waals surface area contributed by atoms with Crippen LogP contribution in [0.3, 0.4) is 0 Å². The van der Waals surface area contributed by atoms with E-state index in [1.165, 1.54) is 0 Å². The van der Waals surface area contributed by atoms with Crippen LogP contribution in [0.25, 0.3) is 0 Å². The molecule has 0 radical (unpaired) electrons. The second-order valence-corrected chi connectivity index (χ2v) is 20.1. The van der Waals surface area contributed by atoms with Crippen molar-refractivity contribution in [2.45, 2.75) is 105 Å². The van der Waals surface area contributed by atoms with E-state index in [9.17, 15) is 9.90 Å². The third kappa shape index (κ3) is 17.0. The number of alkyl carbamates (subject to hydrolysis) is 1. The highest BCUT2D eigenvalue weighted by Gasteiger charge is 2.54. The number of rotatable bonds is 24. The summed E-state index contributed by atoms with van der Waals surface area (Å²) in [7, 11) is 0. The van der Waals surface area contributed by atoms with Gasteiger partial charge in [0, 0.05) is 0 Å². The molecule has 2 heterocycles. The Bertz CT molecular complexity index is 2490. The van der Waals surface area contributed by atoms with Crippen molar-refractivity contribution in [2.24, 2.45) is 0 Å². The van der Waals surface area contributed by atoms with Crippen LogP contribution in [0.1, 0.15) is 33.4 Å². The van der Waals surface area contributed by atoms with Crippen LogP contribution in [0.2, 0.25) is 0 Å². The van der Waals surface area contributed by atoms with Gasteiger partial charge in [-0.05, 0) is 33.4 Å². The number of carbonyl (C=O) groups is 1. The van der Waals surface area contributed by atoms with E-state index in [4.69, 9.17) is 82.2 Å². The molecule has 0 bridgehead atoms. The minimum absolute atomic E-state index is 0.00405. The molecule has 6 aromatic carbocycles. The Kier molecular flexibility index (Phi) is 20.9. The maximum Gasteiger partial charge on any atom is 0.407 e. The number of halogens is 3. The second-order valence-electron chi connectivity index (χ2n) is 17.6. The van der Waals surface area contributed by atoms with E-state index < -0.39 is 77.8 Å². The number of ether oxygens (including phenoxy) is 10. The van der Waals surface area contributed by atoms with E-state index in [0.717, 1.165) is 33.4 Å². The van der Waals surface area contributed by atoms with Crippen LogP contribution < -0.4 is 5.32 Å². The Labute approximate surface area is 441 Å². The molecular weight excluding hydrogens is 997 g/mol. The number of carbonyl (C=O) groups excluding carboxylic acids is 1. The zero-order valence-corrected chi connectivity index (χ0v) is 42.3. The molecule has 2 saturated heterocycles. The average Bonchev–Trinajstić information content (AvgIpc) is 3.41. The van der Waals surface area contributed by atoms with Crippen molar-refractivity contribution >= 4 is 40.9 Å². The third-order valence-corrected chi connectivity index (χ3v) is 12.5. The number of aliphatic hydroxyl groups is 1. The first-order chi connectivity index (χ1) is 35.6. The highest BCUT2D eigenvalue weighted by atomic mass is 35.6. The van der Waals surface area contributed by atoms with Crippen LogP contribution >= 0.6 is 34.8 Å². The van der Waals surface area contributed by atoms with Gasteiger partial charge in [0.05, 0.1) is 52.9 Å². The predicted molar refractivity (Wildman–Crippen MR) is 275 cm³/mol. The van der Waals surface area contributed by atoms with Gasteiger partial charge in [-0.1, -0.05) is 217 Å². The van der Waals surface area contributed by atoms with Gasteiger partial charge in [-0.25, -0.2) is 4.79 Å². The predicted octanol–water partition coefficient (Wildman–Crippen LogP) is 10.1. The molecule has 2 aliphatic heterocycles. The van der Waals surface area contributed by atoms with Crippen LogP contribution in [0.5, 0.6) is 0 Å². The zero-order chi connectivity index (χ0) is 50.7. The molecule has 73 heavy (non-hydrogen) atoms. The third-order valence-electron chi connectivity index (χ3n) is 12.1. The van der Waals surface area contributed by atoms with Crippen molar-refractivity contribution in [3.63, 3.8) is 0 Å². The fourth-order valence-corrected chi connectivity index (χ4v) is 8.71. The van der Waals surface area contributed by atoms with Gasteiger partial charge in [0.1, 0.15) is 55.4 Å². The second kappa shape index (κ2) is 28.1. The Hall–Kier alpha value is -4.94. The lowest BCUT2D eigenvalue weighted by molar-refractivity contribution is -0.357. The number of aliphatic hydroxyl groups excluding tert-OH is 1. The van der Waals surface area contributed by atoms with Crippen LogP contribution in [0, 0.1) is 0 Å². The number of nitrogens with one attached hydrogen (secondary N) is 1. The molecule has 10 atom stereocenters. The van der Waals surface area contributed by atoms with Gasteiger partial charge in [-0.2, -0.15) is 0 Å². The first-order valence-corrected chi connectivity index (χ1v) is 25.3. The van der Waals surface area contributed by atoms with Crippen molar-refractivity contribution < 1.29 is 57.3 Å². The molecule has 2 fully saturated rings. The van der Waals surface area contributed by atoms with Gasteiger partial charge in [0.2, 0.25) is 3.79 Å². The van der Waals surface area contributed by atoms with E-state index >= 15 is 0 Å². The molecule has 0 unspecified atom stereocenters. The van der Waals surface area contributed by atoms with Crippen LogP contribution in [0.15, 0.2) is 182 Å². The molecule has 0 aliphatic carbocycles. The fraction of sp³-hybridized carbons (Fsp3) is 0.351. The van der Waals surface area contributed by atoms with Crippen molar-refractivity contribution in [3.05, 3.63) is 215 Å². The lowest BCUT2D eigenvalue weighted by atomic mass is 9.94. The van der Waals surface area contributed by atoms with Crippen molar-refractivity contribution in [1.29, 1.82) is 0 Å². The summed E-state index contributed by atoms with van der Waals surface area (Å²) in [5.74, 6) is 0. The minimum atomic E-state index is -1.92. The normalized spacial score (nSPS) is 24.2. The first kappa shape index (κ1) is 54.3. The van der Waals surface area contributed by atoms with Gasteiger partial charge in [0.15, 0.2) is 12.6 Å². The maximum atomic E-state index is 14.0. The van der Waals surface area contributed by atoms with Gasteiger partial charge in [-0.3, -0.25) is 0 Å². The summed E-state index contributed by atoms with van der Waals surface area (Å²) in [4.78, 5) is 14.0. The van der Waals surface area contributed by atoms with Crippen LogP contribution in [-0.4, -0.2) is 96.2 Å². The number of alkyl halides is 3. The van der Waals surface area contributed by atoms with E-state index in [1.807, 2.05) is 182 Å². The monoisotopic (exact) mass is 1060 g/mol. The molecule has 386 valence electrons. The molecule has 6 aromatic rings. The standard InChI is InChI=1S/C57H60Cl3NO12/c58-57(59,60)39-70-56(63)61-48-51(67-34-43-25-13-4-14-26-43)49(66-33-42-23-11-3-12-24-42)46(37-64-31-40-19-7-1-8-20-40)72-55(48)73-50-47(38-65-32-41-21-9-2-10-22-41)71-54(62)53(69-36-45-29-17-6-18-30-45)52(50)68-35-44-27-15-5-16-28-44/h1-30,46-55,62H,31-39H2,(H,61,63)/t46-,47-,48-,49-,50+,51-,52+,53-,54-,55-/m1/s1. The highest BCUT2D eigenvalue weighted by molar-refractivity contribution is 6.67. The van der Waals surface area contributed by atoms with E-state index in [-0.39, 0.29) is 52.9 Å². The summed E-state index contributed by atoms with van der Waals surface area (Å²) in [6.45, 7) is 0.290. The van der Waals surface area contributed by atoms with Gasteiger partial charge in [0.25, 0.3) is 0 Å². The maximum absolute atomic E-state index is 14.0. The summed E-state index contributed by atoms with van der Waals surface area (Å²) in [6, 6.07) is 56.6. The van der Waals surface area contributed by atoms with Crippen LogP contribution in [-0.2, 0) is 87.0 Å². The van der Waals surface area contributed by atoms with Gasteiger partial charge < -0.3 is 57.8 Å². The summed E-state index contributed by atoms with van der Waals surface area (Å²) >= 11 is 18.2. The van der Waals surface area contributed by atoms with Crippen LogP contribution in [0.4, 0.5) is 4.79 Å². The molecular formula is C57H60Cl3NO12. The average molecular weight is 1060 g/mol. The summed E-state index contributed by atoms with van der Waals surface area (Å²) in [6.07, 6.45) is -10.9. The molecule has 0 saturated carbocycles. The number of amides is 1. The largest absolute Gasteiger partial charge is 0.445 e. The van der Waals surface area contributed by atoms with E-state index in [0.29, 0.717) is 0 Å². The molecule has 16 heteroatoms. The lowest BCUT2D eigenvalue weighted by Crippen LogP contribution is -2.69. The van der Waals surface area contributed by atoms with Crippen molar-refractivity contribution in [3.8, 4) is 0 Å². The quantitative estimate of drug-likeness (QED) is 0.0558. The van der Waals surface area contributed by atoms with Gasteiger partial charge >= 0.3 is 6.09 Å². The fourth-order valence-electron chi connectivity index (χ4n) is 8.55. The summed E-state index contributed by atoms with van der Waals surface area (Å²) in [5, 5.41) is 14.9. The lowest BCUT2D eigenvalue weighted by Gasteiger charge is -2.50. The Morgan fingerprint density at radius 3 is 1.23 bits per heavy atom. The molecule has 1 amide bonds. The Morgan fingerprint density at radius 2 is 0.822 bits per heavy atom. The first-order valence-electron chi connectivity index (χ1n) is 24.1. The van der Waals surface area contributed by atoms with Crippen molar-refractivity contribution in [2.75, 3.05) is 19.8 Å². The van der Waals surface area contributed by atoms with Gasteiger partial charge in [-0.15, -0.1) is 0 Å². The highest BCUT2D eigenvalue weighted by Crippen LogP contribution is 2.35. The topological polar surface area (TPSA) is 142 Å². The zero-order valence-electron chi connectivity index (χ0n) is 40.0. The Morgan fingerprint density at radius 1 is 0.466 bits per heavy atom. The van der Waals surface area contributed by atoms with E-state index in [2.05, 4.69) is 5.32 Å². The van der Waals surface area contributed by atoms with E-state index in [1.54, 1.807) is 0 Å². The number of hydrogen-bond acceptors (Lipinski definition) is 12. The molecule has 2 N–H and O–H groups in total. The minimum Gasteiger partial charge on any atom is -0.445 e. The van der Waals surface area contributed by atoms with Crippen molar-refractivity contribution in [1.82, 2.24) is 5.32 Å². The number of benzene rings is 6. The SMILES string of the molecule is O=C(N[C@H]1[C@@H](O[C@@H]2[C@H](OCc3ccccc3)[C@@H](OCc3ccccc3)[C@H](O)O[C@@H]2COCc2ccccc2)O[C@H](COCc2ccccc2)[C@@H](OCc2ccccc2)[C@@H]1OCc1ccccc1)OCC(Cl)(Cl)Cl. The molecule has 13 nitrogen and oxygen atoms in total. The molecule has 2 aliphatic rings.